The summed E-state index contributed by atoms with van der Waals surface area (Å²) in [7, 11) is 0. The Bertz CT molecular complexity index is 1500. The molecular formula is C25H20FN5O2S. The van der Waals surface area contributed by atoms with E-state index in [9.17, 15) is 9.18 Å². The van der Waals surface area contributed by atoms with Gasteiger partial charge in [-0.15, -0.1) is 11.3 Å². The van der Waals surface area contributed by atoms with Crippen molar-refractivity contribution in [1.82, 2.24) is 4.98 Å². The molecule has 7 nitrogen and oxygen atoms in total. The summed E-state index contributed by atoms with van der Waals surface area (Å²) in [6, 6.07) is 12.5. The van der Waals surface area contributed by atoms with E-state index in [0.29, 0.717) is 17.1 Å². The second kappa shape index (κ2) is 8.62. The van der Waals surface area contributed by atoms with Crippen molar-refractivity contribution >= 4 is 44.6 Å². The van der Waals surface area contributed by atoms with Crippen LogP contribution in [0.5, 0.6) is 0 Å². The molecule has 0 radical (unpaired) electrons. The van der Waals surface area contributed by atoms with Crippen LogP contribution in [0.2, 0.25) is 0 Å². The van der Waals surface area contributed by atoms with Crippen LogP contribution in [-0.2, 0) is 6.54 Å². The van der Waals surface area contributed by atoms with Crippen LogP contribution in [0.25, 0.3) is 32.3 Å². The minimum Gasteiger partial charge on any atom is -0.472 e. The number of furan rings is 1. The molecule has 5 rings (SSSR count). The fraction of sp³-hybridized carbons (Fsp3) is 0.0400. The third kappa shape index (κ3) is 3.66. The Labute approximate surface area is 198 Å². The van der Waals surface area contributed by atoms with Crippen LogP contribution in [0.4, 0.5) is 26.4 Å². The van der Waals surface area contributed by atoms with E-state index in [2.05, 4.69) is 4.98 Å². The van der Waals surface area contributed by atoms with Gasteiger partial charge in [0.15, 0.2) is 0 Å². The molecule has 0 unspecified atom stereocenters. The topological polar surface area (TPSA) is 124 Å². The number of halogens is 1. The second-order valence-corrected chi connectivity index (χ2v) is 8.51. The maximum Gasteiger partial charge on any atom is 0.323 e. The number of anilines is 3. The minimum absolute atomic E-state index is 0.0439. The lowest BCUT2D eigenvalue weighted by atomic mass is 10.0. The molecule has 0 aliphatic carbocycles. The molecule has 0 atom stereocenters. The number of nitrogens with zero attached hydrogens (tertiary/aromatic N) is 2. The molecule has 0 saturated heterocycles. The van der Waals surface area contributed by atoms with Gasteiger partial charge in [0.05, 0.1) is 23.9 Å². The highest BCUT2D eigenvalue weighted by molar-refractivity contribution is 7.18. The summed E-state index contributed by atoms with van der Waals surface area (Å²) in [5, 5.41) is 2.85. The lowest BCUT2D eigenvalue weighted by Gasteiger charge is -2.22. The summed E-state index contributed by atoms with van der Waals surface area (Å²) >= 11 is 1.56. The number of aromatic nitrogens is 1. The first-order valence-corrected chi connectivity index (χ1v) is 11.2. The van der Waals surface area contributed by atoms with Crippen LogP contribution in [0.15, 0.2) is 77.1 Å². The number of nitrogens with two attached hydrogens (primary N) is 3. The predicted molar refractivity (Wildman–Crippen MR) is 133 cm³/mol. The highest BCUT2D eigenvalue weighted by Gasteiger charge is 2.20. The maximum atomic E-state index is 14.6. The molecular weight excluding hydrogens is 453 g/mol. The number of thiophene rings is 1. The van der Waals surface area contributed by atoms with Crippen LogP contribution in [0.3, 0.4) is 0 Å². The molecule has 0 bridgehead atoms. The van der Waals surface area contributed by atoms with Crippen molar-refractivity contribution in [3.63, 3.8) is 0 Å². The number of pyridine rings is 1. The number of amides is 2. The lowest BCUT2D eigenvalue weighted by Crippen LogP contribution is -2.32. The fourth-order valence-electron chi connectivity index (χ4n) is 3.94. The highest BCUT2D eigenvalue weighted by atomic mass is 32.1. The first kappa shape index (κ1) is 21.6. The zero-order valence-electron chi connectivity index (χ0n) is 17.9. The van der Waals surface area contributed by atoms with Crippen molar-refractivity contribution in [3.05, 3.63) is 84.0 Å². The van der Waals surface area contributed by atoms with Crippen molar-refractivity contribution in [2.75, 3.05) is 10.6 Å². The molecule has 9 heteroatoms. The van der Waals surface area contributed by atoms with Gasteiger partial charge in [-0.3, -0.25) is 4.90 Å². The summed E-state index contributed by atoms with van der Waals surface area (Å²) in [5.74, 6) is -0.156. The number of rotatable bonds is 5. The van der Waals surface area contributed by atoms with Gasteiger partial charge >= 0.3 is 6.03 Å². The van der Waals surface area contributed by atoms with Gasteiger partial charge in [0.2, 0.25) is 0 Å². The molecule has 0 aliphatic heterocycles. The third-order valence-electron chi connectivity index (χ3n) is 5.60. The monoisotopic (exact) mass is 473 g/mol. The molecule has 6 N–H and O–H groups in total. The average molecular weight is 474 g/mol. The van der Waals surface area contributed by atoms with Crippen LogP contribution >= 0.6 is 11.3 Å². The third-order valence-corrected chi connectivity index (χ3v) is 6.61. The van der Waals surface area contributed by atoms with Crippen LogP contribution < -0.4 is 22.1 Å². The number of carbonyl (C=O) groups excluding carboxylic acids is 1. The summed E-state index contributed by atoms with van der Waals surface area (Å²) in [6.07, 6.45) is 5.01. The van der Waals surface area contributed by atoms with E-state index in [1.54, 1.807) is 48.3 Å². The Balaban J connectivity index is 1.57. The standard InChI is InChI=1S/C25H20FN5O2S/c26-20-6-1-14(10-27)9-21(20)31(25(29)32)17-4-2-15(3-5-17)19-13-34-23-18(16-7-8-33-12-16)11-30-24(28)22(19)23/h1-9,11-13H,10,27H2,(H2,28,30)(H2,29,32). The van der Waals surface area contributed by atoms with Crippen LogP contribution in [0, 0.1) is 5.82 Å². The minimum atomic E-state index is -0.806. The molecule has 2 amide bonds. The maximum absolute atomic E-state index is 14.6. The second-order valence-electron chi connectivity index (χ2n) is 7.63. The van der Waals surface area contributed by atoms with E-state index in [-0.39, 0.29) is 12.2 Å². The predicted octanol–water partition coefficient (Wildman–Crippen LogP) is 5.62. The van der Waals surface area contributed by atoms with Gasteiger partial charge in [-0.1, -0.05) is 18.2 Å². The van der Waals surface area contributed by atoms with Gasteiger partial charge in [-0.25, -0.2) is 14.2 Å². The Morgan fingerprint density at radius 2 is 1.88 bits per heavy atom. The van der Waals surface area contributed by atoms with E-state index in [4.69, 9.17) is 21.6 Å². The number of primary amides is 1. The van der Waals surface area contributed by atoms with E-state index < -0.39 is 11.8 Å². The van der Waals surface area contributed by atoms with Crippen LogP contribution in [0.1, 0.15) is 5.56 Å². The average Bonchev–Trinajstić information content (AvgIpc) is 3.52. The van der Waals surface area contributed by atoms with E-state index in [0.717, 1.165) is 37.2 Å². The summed E-state index contributed by atoms with van der Waals surface area (Å²) in [4.78, 5) is 17.8. The van der Waals surface area contributed by atoms with Crippen molar-refractivity contribution in [2.24, 2.45) is 11.5 Å². The van der Waals surface area contributed by atoms with E-state index in [1.165, 1.54) is 12.1 Å². The Hall–Kier alpha value is -4.21. The summed E-state index contributed by atoms with van der Waals surface area (Å²) in [6.45, 7) is 0.209. The molecule has 0 saturated carbocycles. The van der Waals surface area contributed by atoms with Gasteiger partial charge in [0.1, 0.15) is 11.6 Å². The molecule has 34 heavy (non-hydrogen) atoms. The van der Waals surface area contributed by atoms with Crippen molar-refractivity contribution in [3.8, 4) is 22.3 Å². The number of nitrogen functional groups attached to an aromatic ring is 1. The van der Waals surface area contributed by atoms with E-state index in [1.807, 2.05) is 23.6 Å². The molecule has 0 spiro atoms. The van der Waals surface area contributed by atoms with Gasteiger partial charge in [0.25, 0.3) is 0 Å². The van der Waals surface area contributed by atoms with Crippen molar-refractivity contribution in [2.45, 2.75) is 6.54 Å². The molecule has 0 fully saturated rings. The molecule has 170 valence electrons. The zero-order valence-corrected chi connectivity index (χ0v) is 18.7. The number of urea groups is 1. The van der Waals surface area contributed by atoms with Crippen molar-refractivity contribution in [1.29, 1.82) is 0 Å². The number of carbonyl (C=O) groups is 1. The van der Waals surface area contributed by atoms with Gasteiger partial charge in [0, 0.05) is 39.5 Å². The molecule has 3 aromatic heterocycles. The van der Waals surface area contributed by atoms with Crippen molar-refractivity contribution < 1.29 is 13.6 Å². The number of benzene rings is 2. The number of hydrogen-bond acceptors (Lipinski definition) is 6. The first-order chi connectivity index (χ1) is 16.5. The van der Waals surface area contributed by atoms with Gasteiger partial charge < -0.3 is 21.6 Å². The first-order valence-electron chi connectivity index (χ1n) is 10.3. The van der Waals surface area contributed by atoms with Gasteiger partial charge in [-0.05, 0) is 46.8 Å². The molecule has 0 aliphatic rings. The fourth-order valence-corrected chi connectivity index (χ4v) is 5.05. The highest BCUT2D eigenvalue weighted by Crippen LogP contribution is 2.42. The smallest absolute Gasteiger partial charge is 0.323 e. The quantitative estimate of drug-likeness (QED) is 0.306. The number of fused-ring (bicyclic) bond motifs is 1. The molecule has 3 heterocycles. The SMILES string of the molecule is NCc1ccc(F)c(N(C(N)=O)c2ccc(-c3csc4c(-c5ccoc5)cnc(N)c34)cc2)c1. The zero-order chi connectivity index (χ0) is 23.8. The Morgan fingerprint density at radius 3 is 2.56 bits per heavy atom. The summed E-state index contributed by atoms with van der Waals surface area (Å²) in [5.41, 5.74) is 22.3. The van der Waals surface area contributed by atoms with Crippen LogP contribution in [-0.4, -0.2) is 11.0 Å². The lowest BCUT2D eigenvalue weighted by molar-refractivity contribution is 0.256. The van der Waals surface area contributed by atoms with E-state index >= 15 is 0 Å². The number of hydrogen-bond donors (Lipinski definition) is 3. The Morgan fingerprint density at radius 1 is 1.09 bits per heavy atom. The largest absolute Gasteiger partial charge is 0.472 e. The molecule has 5 aromatic rings. The normalized spacial score (nSPS) is 11.1. The molecule has 2 aromatic carbocycles. The summed E-state index contributed by atoms with van der Waals surface area (Å²) < 4.78 is 20.8. The Kier molecular flexibility index (Phi) is 5.48. The van der Waals surface area contributed by atoms with Gasteiger partial charge in [-0.2, -0.15) is 0 Å².